The number of ether oxygens (including phenoxy) is 3. The van der Waals surface area contributed by atoms with Crippen LogP contribution in [-0.2, 0) is 39.8 Å². The summed E-state index contributed by atoms with van der Waals surface area (Å²) in [6, 6.07) is 10.5. The van der Waals surface area contributed by atoms with Crippen molar-refractivity contribution in [3.63, 3.8) is 0 Å². The number of carbonyl (C=O) groups excluding carboxylic acids is 6. The molecule has 0 aromatic heterocycles. The third-order valence-corrected chi connectivity index (χ3v) is 9.38. The normalized spacial score (nSPS) is 13.8. The summed E-state index contributed by atoms with van der Waals surface area (Å²) in [5.41, 5.74) is 19.7. The van der Waals surface area contributed by atoms with Crippen LogP contribution in [0.5, 0.6) is 0 Å². The van der Waals surface area contributed by atoms with E-state index in [2.05, 4.69) is 31.9 Å². The lowest BCUT2D eigenvalue weighted by Gasteiger charge is -2.28. The molecule has 0 aliphatic carbocycles. The molecule has 0 aliphatic rings. The number of nitrogens with one attached hydrogen (secondary N) is 6. The number of carboxylic acid groups (broad SMARTS) is 1. The minimum atomic E-state index is -1.80. The van der Waals surface area contributed by atoms with Crippen molar-refractivity contribution in [3.05, 3.63) is 59.7 Å². The number of hydrogen-bond acceptors (Lipinski definition) is 13. The molecule has 2 aromatic rings. The number of nitrogens with two attached hydrogens (primary N) is 3. The van der Waals surface area contributed by atoms with E-state index in [1.165, 1.54) is 0 Å². The minimum Gasteiger partial charge on any atom is -0.480 e. The molecule has 2 rings (SSSR count). The third-order valence-electron chi connectivity index (χ3n) is 9.38. The molecule has 0 saturated heterocycles. The molecule has 5 atom stereocenters. The van der Waals surface area contributed by atoms with E-state index in [-0.39, 0.29) is 56.9 Å². The van der Waals surface area contributed by atoms with Gasteiger partial charge in [0.2, 0.25) is 11.8 Å². The molecule has 5 unspecified atom stereocenters. The molecule has 20 nitrogen and oxygen atoms in total. The number of aryl methyl sites for hydroxylation is 1. The van der Waals surface area contributed by atoms with E-state index in [1.807, 2.05) is 38.1 Å². The lowest BCUT2D eigenvalue weighted by molar-refractivity contribution is -0.142. The first-order chi connectivity index (χ1) is 30.9. The van der Waals surface area contributed by atoms with E-state index < -0.39 is 83.5 Å². The van der Waals surface area contributed by atoms with Gasteiger partial charge in [0.15, 0.2) is 6.17 Å². The zero-order chi connectivity index (χ0) is 49.6. The van der Waals surface area contributed by atoms with Gasteiger partial charge in [-0.05, 0) is 128 Å². The Morgan fingerprint density at radius 2 is 1.17 bits per heavy atom. The molecule has 2 aromatic carbocycles. The van der Waals surface area contributed by atoms with Gasteiger partial charge in [-0.1, -0.05) is 50.2 Å². The summed E-state index contributed by atoms with van der Waals surface area (Å²) in [6.07, 6.45) is -2.03. The number of rotatable bonds is 26. The second kappa shape index (κ2) is 27.6. The summed E-state index contributed by atoms with van der Waals surface area (Å²) in [4.78, 5) is 90.8. The van der Waals surface area contributed by atoms with Crippen molar-refractivity contribution >= 4 is 41.8 Å². The maximum atomic E-state index is 14.1. The van der Waals surface area contributed by atoms with Gasteiger partial charge in [-0.2, -0.15) is 0 Å². The molecule has 20 heteroatoms. The van der Waals surface area contributed by atoms with Gasteiger partial charge in [0.25, 0.3) is 11.8 Å². The van der Waals surface area contributed by atoms with E-state index in [4.69, 9.17) is 31.4 Å². The van der Waals surface area contributed by atoms with Crippen molar-refractivity contribution in [2.75, 3.05) is 26.2 Å². The monoisotopic (exact) mass is 928 g/mol. The fraction of sp³-hybridized carbons (Fsp3) is 0.587. The Morgan fingerprint density at radius 3 is 1.68 bits per heavy atom. The third kappa shape index (κ3) is 22.4. The van der Waals surface area contributed by atoms with Crippen LogP contribution < -0.4 is 49.1 Å². The topological polar surface area (TPSA) is 318 Å². The fourth-order valence-electron chi connectivity index (χ4n) is 6.06. The van der Waals surface area contributed by atoms with Crippen molar-refractivity contribution in [2.45, 2.75) is 142 Å². The second-order valence-corrected chi connectivity index (χ2v) is 18.3. The van der Waals surface area contributed by atoms with Crippen LogP contribution in [0.25, 0.3) is 11.1 Å². The molecule has 0 bridgehead atoms. The molecule has 13 N–H and O–H groups in total. The van der Waals surface area contributed by atoms with E-state index in [0.29, 0.717) is 13.0 Å². The van der Waals surface area contributed by atoms with Crippen LogP contribution in [0, 0.1) is 5.92 Å². The van der Waals surface area contributed by atoms with Crippen LogP contribution in [0.2, 0.25) is 0 Å². The Labute approximate surface area is 387 Å². The van der Waals surface area contributed by atoms with Crippen LogP contribution in [0.1, 0.15) is 110 Å². The number of carboxylic acids is 1. The average molecular weight is 928 g/mol. The molecule has 368 valence electrons. The van der Waals surface area contributed by atoms with Gasteiger partial charge in [0.05, 0.1) is 6.61 Å². The first-order valence-corrected chi connectivity index (χ1v) is 22.3. The molecule has 0 spiro atoms. The van der Waals surface area contributed by atoms with E-state index >= 15 is 0 Å². The largest absolute Gasteiger partial charge is 0.480 e. The van der Waals surface area contributed by atoms with Gasteiger partial charge >= 0.3 is 18.2 Å². The van der Waals surface area contributed by atoms with Crippen molar-refractivity contribution in [1.82, 2.24) is 31.9 Å². The van der Waals surface area contributed by atoms with Crippen molar-refractivity contribution in [1.29, 1.82) is 0 Å². The van der Waals surface area contributed by atoms with Gasteiger partial charge < -0.3 is 68.4 Å². The first kappa shape index (κ1) is 56.3. The van der Waals surface area contributed by atoms with Crippen molar-refractivity contribution in [2.24, 2.45) is 23.1 Å². The Morgan fingerprint density at radius 1 is 0.636 bits per heavy atom. The summed E-state index contributed by atoms with van der Waals surface area (Å²) in [5, 5.41) is 24.8. The molecular weight excluding hydrogens is 855 g/mol. The van der Waals surface area contributed by atoms with Gasteiger partial charge in [-0.3, -0.25) is 19.2 Å². The lowest BCUT2D eigenvalue weighted by atomic mass is 10.0. The summed E-state index contributed by atoms with van der Waals surface area (Å²) < 4.78 is 16.2. The van der Waals surface area contributed by atoms with Crippen molar-refractivity contribution < 1.29 is 52.9 Å². The molecule has 0 saturated carbocycles. The number of hydrogen-bond donors (Lipinski definition) is 10. The number of amides is 6. The highest BCUT2D eigenvalue weighted by atomic mass is 16.6. The highest BCUT2D eigenvalue weighted by Gasteiger charge is 2.34. The second-order valence-electron chi connectivity index (χ2n) is 18.3. The molecule has 6 amide bonds. The number of aliphatic carboxylic acids is 1. The zero-order valence-corrected chi connectivity index (χ0v) is 39.6. The van der Waals surface area contributed by atoms with Crippen LogP contribution in [0.3, 0.4) is 0 Å². The summed E-state index contributed by atoms with van der Waals surface area (Å²) >= 11 is 0. The average Bonchev–Trinajstić information content (AvgIpc) is 3.23. The maximum Gasteiger partial charge on any atom is 0.407 e. The molecule has 66 heavy (non-hydrogen) atoms. The Bertz CT molecular complexity index is 1880. The SMILES string of the molecule is CC(C)COC(N)C(NC(=O)C(CCCNC(=O)OC(C)(C)C)NC(=O)c1ccc(-c2ccc(CCCN)cc2)cc1)C(=O)NC(N)C(=O)NC(CCCCNC(=O)OC(C)(C)C)C(=O)O. The van der Waals surface area contributed by atoms with Gasteiger partial charge in [0, 0.05) is 18.7 Å². The molecule has 0 radical (unpaired) electrons. The van der Waals surface area contributed by atoms with Gasteiger partial charge in [-0.25, -0.2) is 14.4 Å². The summed E-state index contributed by atoms with van der Waals surface area (Å²) in [6.45, 7) is 14.9. The zero-order valence-electron chi connectivity index (χ0n) is 39.6. The molecule has 0 aliphatic heterocycles. The highest BCUT2D eigenvalue weighted by Crippen LogP contribution is 2.21. The van der Waals surface area contributed by atoms with Crippen LogP contribution in [0.4, 0.5) is 9.59 Å². The van der Waals surface area contributed by atoms with Crippen molar-refractivity contribution in [3.8, 4) is 11.1 Å². The Balaban J connectivity index is 2.23. The quantitative estimate of drug-likeness (QED) is 0.0480. The van der Waals surface area contributed by atoms with E-state index in [9.17, 15) is 38.7 Å². The number of carbonyl (C=O) groups is 7. The lowest BCUT2D eigenvalue weighted by Crippen LogP contribution is -2.64. The number of alkyl carbamates (subject to hydrolysis) is 2. The molecule has 0 heterocycles. The summed E-state index contributed by atoms with van der Waals surface area (Å²) in [7, 11) is 0. The maximum absolute atomic E-state index is 14.1. The molecule has 0 fully saturated rings. The highest BCUT2D eigenvalue weighted by molar-refractivity contribution is 5.99. The number of benzene rings is 2. The predicted octanol–water partition coefficient (Wildman–Crippen LogP) is 2.76. The minimum absolute atomic E-state index is 0.0199. The Hall–Kier alpha value is -5.83. The number of unbranched alkanes of at least 4 members (excludes halogenated alkanes) is 1. The predicted molar refractivity (Wildman–Crippen MR) is 248 cm³/mol. The Kier molecular flexibility index (Phi) is 23.5. The fourth-order valence-corrected chi connectivity index (χ4v) is 6.06. The van der Waals surface area contributed by atoms with Crippen LogP contribution in [-0.4, -0.2) is 115 Å². The van der Waals surface area contributed by atoms with Crippen LogP contribution in [0.15, 0.2) is 48.5 Å². The van der Waals surface area contributed by atoms with E-state index in [1.54, 1.807) is 65.8 Å². The first-order valence-electron chi connectivity index (χ1n) is 22.3. The van der Waals surface area contributed by atoms with Crippen LogP contribution >= 0.6 is 0 Å². The smallest absolute Gasteiger partial charge is 0.407 e. The van der Waals surface area contributed by atoms with E-state index in [0.717, 1.165) is 29.5 Å². The molecular formula is C46H73N9O11. The van der Waals surface area contributed by atoms with Gasteiger partial charge in [0.1, 0.15) is 35.6 Å². The van der Waals surface area contributed by atoms with Gasteiger partial charge in [-0.15, -0.1) is 0 Å². The standard InChI is InChI=1S/C46H73N9O11/c1-28(2)27-64-37(49)35(40(58)55-36(48)41(59)53-34(42(60)61)14-9-10-25-50-43(62)65-45(3,4)5)54-39(57)33(15-12-26-51-44(63)66-46(6,7)8)52-38(56)32-22-20-31(21-23-32)30-18-16-29(17-19-30)13-11-24-47/h16-23,28,33-37H,9-15,24-27,47-49H2,1-8H3,(H,50,62)(H,51,63)(H,52,56)(H,53,59)(H,54,57)(H,55,58)(H,60,61). The summed E-state index contributed by atoms with van der Waals surface area (Å²) in [5.74, 6) is -4.93.